The van der Waals surface area contributed by atoms with Gasteiger partial charge in [-0.15, -0.1) is 0 Å². The Bertz CT molecular complexity index is 1040. The molecule has 1 amide bonds. The first-order valence-electron chi connectivity index (χ1n) is 9.71. The van der Waals surface area contributed by atoms with E-state index in [0.717, 1.165) is 47.6 Å². The molecule has 1 fully saturated rings. The molecule has 28 heavy (non-hydrogen) atoms. The van der Waals surface area contributed by atoms with E-state index in [1.54, 1.807) is 6.08 Å². The van der Waals surface area contributed by atoms with E-state index < -0.39 is 0 Å². The van der Waals surface area contributed by atoms with Gasteiger partial charge in [-0.3, -0.25) is 4.79 Å². The van der Waals surface area contributed by atoms with Gasteiger partial charge in [0.15, 0.2) is 0 Å². The predicted molar refractivity (Wildman–Crippen MR) is 113 cm³/mol. The van der Waals surface area contributed by atoms with Gasteiger partial charge in [0.05, 0.1) is 17.2 Å². The number of nitrogens with zero attached hydrogens (tertiary/aromatic N) is 4. The van der Waals surface area contributed by atoms with Crippen LogP contribution in [-0.4, -0.2) is 56.6 Å². The number of allylic oxidation sites excluding steroid dienone is 1. The van der Waals surface area contributed by atoms with E-state index in [1.165, 1.54) is 0 Å². The summed E-state index contributed by atoms with van der Waals surface area (Å²) < 4.78 is 2.03. The van der Waals surface area contributed by atoms with Gasteiger partial charge in [-0.1, -0.05) is 14.7 Å². The van der Waals surface area contributed by atoms with Gasteiger partial charge >= 0.3 is 0 Å². The molecule has 0 bridgehead atoms. The number of piperazine rings is 1. The van der Waals surface area contributed by atoms with Gasteiger partial charge in [0, 0.05) is 50.3 Å². The monoisotopic (exact) mass is 393 g/mol. The fraction of sp³-hybridized carbons (Fsp3) is 0.333. The third kappa shape index (κ3) is 3.17. The van der Waals surface area contributed by atoms with Crippen molar-refractivity contribution in [2.75, 3.05) is 19.6 Å². The minimum absolute atomic E-state index is 0.0608. The minimum atomic E-state index is 0.0608. The average molecular weight is 393 g/mol. The molecule has 0 spiro atoms. The van der Waals surface area contributed by atoms with E-state index in [0.29, 0.717) is 14.6 Å². The molecule has 1 N–H and O–H groups in total. The number of hydrogen-bond acceptors (Lipinski definition) is 4. The van der Waals surface area contributed by atoms with Crippen LogP contribution in [0, 0.1) is 6.92 Å². The summed E-state index contributed by atoms with van der Waals surface area (Å²) in [6, 6.07) is 4.55. The molecule has 3 atom stereocenters. The van der Waals surface area contributed by atoms with E-state index in [4.69, 9.17) is 0 Å². The molecular formula is C21H24N5OP. The van der Waals surface area contributed by atoms with Gasteiger partial charge in [-0.2, -0.15) is 0 Å². The molecule has 2 aromatic rings. The highest BCUT2D eigenvalue weighted by atomic mass is 31.1. The highest BCUT2D eigenvalue weighted by Gasteiger charge is 2.30. The summed E-state index contributed by atoms with van der Waals surface area (Å²) in [5.74, 6) is 0.169. The molecule has 3 aliphatic rings. The molecule has 2 unspecified atom stereocenters. The van der Waals surface area contributed by atoms with E-state index in [9.17, 15) is 4.79 Å². The lowest BCUT2D eigenvalue weighted by Gasteiger charge is -2.39. The van der Waals surface area contributed by atoms with Crippen LogP contribution in [0.25, 0.3) is 11.0 Å². The lowest BCUT2D eigenvalue weighted by molar-refractivity contribution is -0.123. The quantitative estimate of drug-likeness (QED) is 0.797. The number of aromatic nitrogens is 2. The van der Waals surface area contributed by atoms with Crippen LogP contribution in [0.4, 0.5) is 0 Å². The molecule has 5 heterocycles. The summed E-state index contributed by atoms with van der Waals surface area (Å²) in [5, 5.41) is 4.57. The molecule has 7 heteroatoms. The molecule has 6 nitrogen and oxygen atoms in total. The summed E-state index contributed by atoms with van der Waals surface area (Å²) >= 11 is 0. The molecule has 0 saturated carbocycles. The van der Waals surface area contributed by atoms with E-state index in [1.807, 2.05) is 34.7 Å². The zero-order valence-electron chi connectivity index (χ0n) is 16.1. The summed E-state index contributed by atoms with van der Waals surface area (Å²) in [7, 11) is 0.528. The van der Waals surface area contributed by atoms with Gasteiger partial charge in [-0.05, 0) is 42.9 Å². The number of hydrogen-bond donors (Lipinski definition) is 1. The lowest BCUT2D eigenvalue weighted by atomic mass is 10.2. The second-order valence-corrected chi connectivity index (χ2v) is 9.09. The number of carbonyl (C=O) groups is 1. The molecule has 3 aliphatic heterocycles. The highest BCUT2D eigenvalue weighted by molar-refractivity contribution is 7.51. The number of nitrogens with one attached hydrogen (secondary N) is 1. The van der Waals surface area contributed by atoms with Gasteiger partial charge in [0.1, 0.15) is 5.65 Å². The highest BCUT2D eigenvalue weighted by Crippen LogP contribution is 2.44. The van der Waals surface area contributed by atoms with Gasteiger partial charge in [-0.25, -0.2) is 4.98 Å². The second-order valence-electron chi connectivity index (χ2n) is 7.67. The zero-order valence-corrected chi connectivity index (χ0v) is 17.1. The second kappa shape index (κ2) is 6.87. The number of carbonyl (C=O) groups excluding carboxylic acids is 1. The van der Waals surface area contributed by atoms with Crippen molar-refractivity contribution in [2.45, 2.75) is 25.7 Å². The van der Waals surface area contributed by atoms with Gasteiger partial charge in [0.25, 0.3) is 5.91 Å². The Balaban J connectivity index is 1.41. The molecular weight excluding hydrogens is 369 g/mol. The van der Waals surface area contributed by atoms with Crippen molar-refractivity contribution in [1.82, 2.24) is 24.5 Å². The van der Waals surface area contributed by atoms with Crippen molar-refractivity contribution < 1.29 is 4.79 Å². The third-order valence-electron chi connectivity index (χ3n) is 5.46. The average Bonchev–Trinajstić information content (AvgIpc) is 3.07. The largest absolute Gasteiger partial charge is 0.368 e. The Hall–Kier alpha value is -2.43. The minimum Gasteiger partial charge on any atom is -0.368 e. The molecule has 0 aliphatic carbocycles. The van der Waals surface area contributed by atoms with Crippen molar-refractivity contribution >= 4 is 25.4 Å². The summed E-state index contributed by atoms with van der Waals surface area (Å²) in [4.78, 5) is 21.6. The van der Waals surface area contributed by atoms with E-state index >= 15 is 0 Å². The van der Waals surface area contributed by atoms with Gasteiger partial charge in [0.2, 0.25) is 0 Å². The number of fused-ring (bicyclic) bond motifs is 2. The summed E-state index contributed by atoms with van der Waals surface area (Å²) in [5.41, 5.74) is 4.16. The van der Waals surface area contributed by atoms with Crippen molar-refractivity contribution in [1.29, 1.82) is 0 Å². The van der Waals surface area contributed by atoms with Crippen LogP contribution in [-0.2, 0) is 4.79 Å². The molecule has 0 radical (unpaired) electrons. The van der Waals surface area contributed by atoms with E-state index in [-0.39, 0.29) is 11.7 Å². The molecule has 2 aromatic heterocycles. The van der Waals surface area contributed by atoms with Crippen LogP contribution in [0.1, 0.15) is 18.2 Å². The molecule has 1 saturated heterocycles. The maximum absolute atomic E-state index is 12.9. The number of aryl methyl sites for hydroxylation is 1. The van der Waals surface area contributed by atoms with Crippen LogP contribution in [0.2, 0.25) is 0 Å². The van der Waals surface area contributed by atoms with Crippen LogP contribution in [0.5, 0.6) is 0 Å². The summed E-state index contributed by atoms with van der Waals surface area (Å²) in [6.45, 7) is 7.11. The Morgan fingerprint density at radius 1 is 1.29 bits per heavy atom. The molecule has 144 valence electrons. The lowest BCUT2D eigenvalue weighted by Crippen LogP contribution is -2.49. The Kier molecular flexibility index (Phi) is 4.33. The maximum atomic E-state index is 12.9. The first kappa shape index (κ1) is 17.7. The van der Waals surface area contributed by atoms with Crippen LogP contribution in [0.3, 0.4) is 0 Å². The summed E-state index contributed by atoms with van der Waals surface area (Å²) in [6.07, 6.45) is 12.3. The predicted octanol–water partition coefficient (Wildman–Crippen LogP) is 2.54. The standard InChI is InChI=1S/C21H24N5OP/c1-14-10-24(8-7-22-14)17-4-6-21-26(13-17)20(27)9-18(28-21)16-3-5-19-23-15(2)11-25(19)12-16/h3-6,9,11-14,21-22,28H,7-8,10H2,1-2H3/t14-,21?/m0/s1. The first-order valence-corrected chi connectivity index (χ1v) is 10.8. The van der Waals surface area contributed by atoms with Crippen LogP contribution in [0.15, 0.2) is 54.7 Å². The topological polar surface area (TPSA) is 52.9 Å². The van der Waals surface area contributed by atoms with Gasteiger partial charge < -0.3 is 19.5 Å². The van der Waals surface area contributed by atoms with Crippen molar-refractivity contribution in [2.24, 2.45) is 0 Å². The first-order chi connectivity index (χ1) is 13.6. The maximum Gasteiger partial charge on any atom is 0.252 e. The Labute approximate surface area is 166 Å². The number of rotatable bonds is 2. The Morgan fingerprint density at radius 2 is 2.18 bits per heavy atom. The Morgan fingerprint density at radius 3 is 3.04 bits per heavy atom. The number of pyridine rings is 1. The molecule has 5 rings (SSSR count). The number of imidazole rings is 1. The fourth-order valence-corrected chi connectivity index (χ4v) is 5.44. The SMILES string of the molecule is Cc1cn2cc(C3=CC(=O)N4C=C(N5CCN[C@@H](C)C5)C=CC4P3)ccc2n1. The normalized spacial score (nSPS) is 25.9. The van der Waals surface area contributed by atoms with E-state index in [2.05, 4.69) is 46.5 Å². The van der Waals surface area contributed by atoms with Crippen molar-refractivity contribution in [3.05, 3.63) is 65.9 Å². The van der Waals surface area contributed by atoms with Crippen molar-refractivity contribution in [3.8, 4) is 0 Å². The third-order valence-corrected chi connectivity index (χ3v) is 6.97. The number of amides is 1. The zero-order chi connectivity index (χ0) is 19.3. The van der Waals surface area contributed by atoms with Crippen LogP contribution >= 0.6 is 8.58 Å². The fourth-order valence-electron chi connectivity index (χ4n) is 4.06. The van der Waals surface area contributed by atoms with Crippen LogP contribution < -0.4 is 5.32 Å². The smallest absolute Gasteiger partial charge is 0.252 e. The molecule has 0 aromatic carbocycles. The van der Waals surface area contributed by atoms with Crippen molar-refractivity contribution in [3.63, 3.8) is 0 Å².